The Morgan fingerprint density at radius 2 is 1.91 bits per heavy atom. The number of alkyl halides is 3. The van der Waals surface area contributed by atoms with Crippen LogP contribution in [0.15, 0.2) is 24.3 Å². The molecule has 3 aromatic heterocycles. The average molecular weight is 674 g/mol. The Hall–Kier alpha value is -3.25. The Bertz CT molecular complexity index is 1900. The van der Waals surface area contributed by atoms with E-state index in [1.165, 1.54) is 5.56 Å². The predicted molar refractivity (Wildman–Crippen MR) is 174 cm³/mol. The van der Waals surface area contributed by atoms with E-state index in [9.17, 15) is 26.9 Å². The molecule has 1 unspecified atom stereocenters. The average Bonchev–Trinajstić information content (AvgIpc) is 3.54. The van der Waals surface area contributed by atoms with Crippen LogP contribution in [-0.4, -0.2) is 65.5 Å². The molecular formula is C32H38F3N7O2S2. The molecule has 2 atom stereocenters. The van der Waals surface area contributed by atoms with Gasteiger partial charge in [-0.3, -0.25) is 4.90 Å². The van der Waals surface area contributed by atoms with Crippen molar-refractivity contribution in [1.82, 2.24) is 24.2 Å². The molecule has 0 aliphatic carbocycles. The van der Waals surface area contributed by atoms with Crippen LogP contribution in [0.25, 0.3) is 21.1 Å². The number of aryl methyl sites for hydroxylation is 2. The number of likely N-dealkylation sites (tertiary alicyclic amines) is 1. The van der Waals surface area contributed by atoms with Crippen molar-refractivity contribution >= 4 is 48.3 Å². The number of aromatic nitrogens is 3. The number of sulfonamides is 1. The summed E-state index contributed by atoms with van der Waals surface area (Å²) in [5, 5.41) is 15.1. The van der Waals surface area contributed by atoms with Crippen LogP contribution < -0.4 is 10.0 Å². The monoisotopic (exact) mass is 673 g/mol. The zero-order chi connectivity index (χ0) is 32.8. The summed E-state index contributed by atoms with van der Waals surface area (Å²) < 4.78 is 67.9. The standard InChI is InChI=1S/C32H38F3N7O2S2/c1-19(23-6-9-37-46(43,44)18-23)16-42-25(15-36)12-27-20(2)22(4-5-29(27)42)17-41-10-7-24(8-11-41)40-30-28-13-26(14-32(33,34)35)45-31(28)39-21(3)38-30/h4-5,12-13,19,23-24,37H,6-11,14,16-18H2,1-3H3,(H,38,39,40)/t19-,23?/m0/s1. The largest absolute Gasteiger partial charge is 0.393 e. The summed E-state index contributed by atoms with van der Waals surface area (Å²) in [6.45, 7) is 9.43. The quantitative estimate of drug-likeness (QED) is 0.240. The summed E-state index contributed by atoms with van der Waals surface area (Å²) in [6, 6.07) is 10.2. The molecule has 0 radical (unpaired) electrons. The Kier molecular flexibility index (Phi) is 9.06. The van der Waals surface area contributed by atoms with Crippen LogP contribution in [0.4, 0.5) is 19.0 Å². The van der Waals surface area contributed by atoms with Gasteiger partial charge in [0, 0.05) is 54.5 Å². The molecule has 9 nitrogen and oxygen atoms in total. The van der Waals surface area contributed by atoms with Gasteiger partial charge in [0.05, 0.1) is 17.6 Å². The van der Waals surface area contributed by atoms with Crippen molar-refractivity contribution in [3.05, 3.63) is 51.8 Å². The highest BCUT2D eigenvalue weighted by Gasteiger charge is 2.31. The molecule has 5 heterocycles. The molecule has 0 amide bonds. The number of fused-ring (bicyclic) bond motifs is 2. The lowest BCUT2D eigenvalue weighted by Gasteiger charge is -2.33. The smallest absolute Gasteiger partial charge is 0.367 e. The van der Waals surface area contributed by atoms with Crippen molar-refractivity contribution in [1.29, 1.82) is 5.26 Å². The second-order valence-corrected chi connectivity index (χ2v) is 15.7. The highest BCUT2D eigenvalue weighted by Crippen LogP contribution is 2.34. The summed E-state index contributed by atoms with van der Waals surface area (Å²) >= 11 is 1.07. The minimum absolute atomic E-state index is 0.0366. The van der Waals surface area contributed by atoms with Crippen LogP contribution >= 0.6 is 11.3 Å². The molecule has 1 aromatic carbocycles. The van der Waals surface area contributed by atoms with Gasteiger partial charge < -0.3 is 9.88 Å². The number of halogens is 3. The first-order valence-corrected chi connectivity index (χ1v) is 18.1. The maximum Gasteiger partial charge on any atom is 0.393 e. The Labute approximate surface area is 270 Å². The van der Waals surface area contributed by atoms with Crippen LogP contribution in [0.2, 0.25) is 0 Å². The van der Waals surface area contributed by atoms with E-state index >= 15 is 0 Å². The van der Waals surface area contributed by atoms with Gasteiger partial charge in [-0.25, -0.2) is 23.1 Å². The topological polar surface area (TPSA) is 116 Å². The van der Waals surface area contributed by atoms with E-state index in [0.717, 1.165) is 66.7 Å². The van der Waals surface area contributed by atoms with Crippen LogP contribution in [0.3, 0.4) is 0 Å². The second kappa shape index (κ2) is 12.7. The zero-order valence-corrected chi connectivity index (χ0v) is 27.7. The lowest BCUT2D eigenvalue weighted by molar-refractivity contribution is -0.126. The number of benzene rings is 1. The van der Waals surface area contributed by atoms with E-state index < -0.39 is 22.6 Å². The van der Waals surface area contributed by atoms with Crippen molar-refractivity contribution in [3.8, 4) is 6.07 Å². The SMILES string of the molecule is Cc1nc(NC2CCN(Cc3ccc4c(cc(C#N)n4C[C@H](C)C4CCNS(=O)(=O)C4)c3C)CC2)c2cc(CC(F)(F)F)sc2n1. The van der Waals surface area contributed by atoms with Gasteiger partial charge in [0.1, 0.15) is 28.2 Å². The molecule has 4 aromatic rings. The van der Waals surface area contributed by atoms with Gasteiger partial charge in [-0.15, -0.1) is 11.3 Å². The summed E-state index contributed by atoms with van der Waals surface area (Å²) in [4.78, 5) is 12.1. The zero-order valence-electron chi connectivity index (χ0n) is 26.1. The van der Waals surface area contributed by atoms with Crippen molar-refractivity contribution in [2.24, 2.45) is 11.8 Å². The van der Waals surface area contributed by atoms with Crippen LogP contribution in [0.5, 0.6) is 0 Å². The lowest BCUT2D eigenvalue weighted by atomic mass is 9.92. The Morgan fingerprint density at radius 1 is 1.15 bits per heavy atom. The van der Waals surface area contributed by atoms with E-state index in [4.69, 9.17) is 0 Å². The fraction of sp³-hybridized carbons (Fsp3) is 0.531. The molecule has 0 bridgehead atoms. The van der Waals surface area contributed by atoms with Gasteiger partial charge in [0.15, 0.2) is 0 Å². The number of piperidine rings is 1. The number of rotatable bonds is 8. The van der Waals surface area contributed by atoms with E-state index in [1.807, 2.05) is 10.6 Å². The number of hydrogen-bond donors (Lipinski definition) is 2. The van der Waals surface area contributed by atoms with E-state index in [-0.39, 0.29) is 28.5 Å². The third-order valence-corrected chi connectivity index (χ3v) is 11.9. The normalized spacial score (nSPS) is 20.2. The van der Waals surface area contributed by atoms with Gasteiger partial charge in [-0.1, -0.05) is 13.0 Å². The molecule has 14 heteroatoms. The molecule has 2 N–H and O–H groups in total. The number of anilines is 1. The molecule has 2 saturated heterocycles. The molecule has 246 valence electrons. The van der Waals surface area contributed by atoms with Crippen LogP contribution in [0.1, 0.15) is 53.7 Å². The Balaban J connectivity index is 1.12. The summed E-state index contributed by atoms with van der Waals surface area (Å²) in [5.74, 6) is 1.37. The number of nitrogens with one attached hydrogen (secondary N) is 2. The summed E-state index contributed by atoms with van der Waals surface area (Å²) in [6.07, 6.45) is -2.72. The molecule has 2 aliphatic heterocycles. The third-order valence-electron chi connectivity index (χ3n) is 9.38. The number of nitrogens with zero attached hydrogens (tertiary/aromatic N) is 5. The summed E-state index contributed by atoms with van der Waals surface area (Å²) in [7, 11) is -3.25. The van der Waals surface area contributed by atoms with E-state index in [2.05, 4.69) is 57.0 Å². The van der Waals surface area contributed by atoms with Gasteiger partial charge in [0.2, 0.25) is 10.0 Å². The molecule has 2 aliphatic rings. The first-order valence-electron chi connectivity index (χ1n) is 15.6. The number of nitriles is 1. The minimum Gasteiger partial charge on any atom is -0.367 e. The highest BCUT2D eigenvalue weighted by atomic mass is 32.2. The van der Waals surface area contributed by atoms with Gasteiger partial charge in [-0.2, -0.15) is 18.4 Å². The Morgan fingerprint density at radius 3 is 2.61 bits per heavy atom. The molecule has 0 saturated carbocycles. The van der Waals surface area contributed by atoms with Crippen molar-refractivity contribution in [2.75, 3.05) is 30.7 Å². The molecule has 2 fully saturated rings. The van der Waals surface area contributed by atoms with Crippen LogP contribution in [0, 0.1) is 37.0 Å². The predicted octanol–water partition coefficient (Wildman–Crippen LogP) is 5.89. The fourth-order valence-corrected chi connectivity index (χ4v) is 9.54. The first-order chi connectivity index (χ1) is 21.8. The van der Waals surface area contributed by atoms with E-state index in [1.54, 1.807) is 13.0 Å². The molecule has 46 heavy (non-hydrogen) atoms. The number of thiophene rings is 1. The van der Waals surface area contributed by atoms with Gasteiger partial charge in [-0.05, 0) is 74.3 Å². The van der Waals surface area contributed by atoms with Crippen molar-refractivity contribution in [3.63, 3.8) is 0 Å². The number of hydrogen-bond acceptors (Lipinski definition) is 8. The lowest BCUT2D eigenvalue weighted by Crippen LogP contribution is -2.40. The maximum atomic E-state index is 13.0. The first kappa shape index (κ1) is 32.7. The summed E-state index contributed by atoms with van der Waals surface area (Å²) in [5.41, 5.74) is 3.90. The van der Waals surface area contributed by atoms with E-state index in [0.29, 0.717) is 40.6 Å². The molecule has 6 rings (SSSR count). The molecular weight excluding hydrogens is 636 g/mol. The minimum atomic E-state index is -4.27. The van der Waals surface area contributed by atoms with Crippen molar-refractivity contribution < 1.29 is 21.6 Å². The second-order valence-electron chi connectivity index (χ2n) is 12.8. The fourth-order valence-electron chi connectivity index (χ4n) is 6.83. The highest BCUT2D eigenvalue weighted by molar-refractivity contribution is 7.89. The van der Waals surface area contributed by atoms with Gasteiger partial charge in [0.25, 0.3) is 0 Å². The van der Waals surface area contributed by atoms with Crippen LogP contribution in [-0.2, 0) is 29.5 Å². The third kappa shape index (κ3) is 7.17. The van der Waals surface area contributed by atoms with Crippen molar-refractivity contribution in [2.45, 2.75) is 71.8 Å². The van der Waals surface area contributed by atoms with Gasteiger partial charge >= 0.3 is 6.18 Å². The maximum absolute atomic E-state index is 13.0. The molecule has 0 spiro atoms.